The zero-order valence-corrected chi connectivity index (χ0v) is 15.5. The van der Waals surface area contributed by atoms with Gasteiger partial charge in [-0.15, -0.1) is 0 Å². The third kappa shape index (κ3) is 2.75. The first kappa shape index (κ1) is 16.3. The van der Waals surface area contributed by atoms with Gasteiger partial charge in [0.1, 0.15) is 11.2 Å². The molecule has 1 aliphatic heterocycles. The number of aromatic nitrogens is 5. The third-order valence-corrected chi connectivity index (χ3v) is 5.59. The second-order valence-electron chi connectivity index (χ2n) is 7.39. The zero-order chi connectivity index (χ0) is 18.4. The van der Waals surface area contributed by atoms with E-state index in [1.807, 2.05) is 28.7 Å². The molecule has 140 valence electrons. The molecule has 0 radical (unpaired) electrons. The van der Waals surface area contributed by atoms with Crippen LogP contribution in [0.1, 0.15) is 40.3 Å². The van der Waals surface area contributed by atoms with Gasteiger partial charge < -0.3 is 9.80 Å². The Morgan fingerprint density at radius 2 is 1.96 bits per heavy atom. The number of nitrogens with zero attached hydrogens (tertiary/aromatic N) is 6. The minimum absolute atomic E-state index is 0.00750. The van der Waals surface area contributed by atoms with Gasteiger partial charge in [0.2, 0.25) is 0 Å². The maximum absolute atomic E-state index is 12.6. The van der Waals surface area contributed by atoms with E-state index in [1.54, 1.807) is 6.07 Å². The maximum Gasteiger partial charge on any atom is 0.274 e. The summed E-state index contributed by atoms with van der Waals surface area (Å²) in [7, 11) is 0. The highest BCUT2D eigenvalue weighted by atomic mass is 16.2. The average Bonchev–Trinajstić information content (AvgIpc) is 3.31. The van der Waals surface area contributed by atoms with Crippen molar-refractivity contribution in [2.45, 2.75) is 32.6 Å². The molecule has 0 bridgehead atoms. The second-order valence-corrected chi connectivity index (χ2v) is 7.39. The standard InChI is InChI=1S/C19H23N7O/c1-13-12-16(22-21-13)19(27)25-10-8-24(9-11-25)18-17-14-4-2-3-5-15(14)23-26(17)7-6-20-18/h6-7,12H,2-5,8-11H2,1H3,(H,21,22). The lowest BCUT2D eigenvalue weighted by Crippen LogP contribution is -2.49. The molecule has 8 heteroatoms. The Labute approximate surface area is 157 Å². The van der Waals surface area contributed by atoms with Crippen LogP contribution in [0.25, 0.3) is 5.52 Å². The van der Waals surface area contributed by atoms with Crippen LogP contribution in [0.2, 0.25) is 0 Å². The number of carbonyl (C=O) groups is 1. The van der Waals surface area contributed by atoms with Gasteiger partial charge in [0.05, 0.1) is 5.69 Å². The van der Waals surface area contributed by atoms with E-state index in [0.717, 1.165) is 43.0 Å². The lowest BCUT2D eigenvalue weighted by atomic mass is 9.97. The molecule has 1 amide bonds. The molecule has 5 rings (SSSR count). The Morgan fingerprint density at radius 1 is 1.15 bits per heavy atom. The first-order valence-electron chi connectivity index (χ1n) is 9.62. The monoisotopic (exact) mass is 365 g/mol. The number of piperazine rings is 1. The lowest BCUT2D eigenvalue weighted by molar-refractivity contribution is 0.0740. The molecule has 1 fully saturated rings. The maximum atomic E-state index is 12.6. The number of carbonyl (C=O) groups excluding carboxylic acids is 1. The highest BCUT2D eigenvalue weighted by Crippen LogP contribution is 2.30. The van der Waals surface area contributed by atoms with Crippen LogP contribution in [-0.2, 0) is 12.8 Å². The fraction of sp³-hybridized carbons (Fsp3) is 0.474. The molecular weight excluding hydrogens is 342 g/mol. The van der Waals surface area contributed by atoms with Crippen LogP contribution in [0.5, 0.6) is 0 Å². The normalized spacial score (nSPS) is 17.4. The van der Waals surface area contributed by atoms with Crippen molar-refractivity contribution in [2.24, 2.45) is 0 Å². The van der Waals surface area contributed by atoms with Crippen molar-refractivity contribution in [3.05, 3.63) is 41.1 Å². The molecule has 0 aromatic carbocycles. The third-order valence-electron chi connectivity index (χ3n) is 5.59. The molecule has 3 aromatic heterocycles. The summed E-state index contributed by atoms with van der Waals surface area (Å²) in [6.07, 6.45) is 8.33. The Hall–Kier alpha value is -2.90. The summed E-state index contributed by atoms with van der Waals surface area (Å²) in [5.41, 5.74) is 5.12. The van der Waals surface area contributed by atoms with E-state index in [2.05, 4.69) is 20.1 Å². The lowest BCUT2D eigenvalue weighted by Gasteiger charge is -2.35. The van der Waals surface area contributed by atoms with Gasteiger partial charge in [-0.2, -0.15) is 10.2 Å². The van der Waals surface area contributed by atoms with Gasteiger partial charge >= 0.3 is 0 Å². The van der Waals surface area contributed by atoms with Crippen LogP contribution in [0.4, 0.5) is 5.82 Å². The average molecular weight is 365 g/mol. The highest BCUT2D eigenvalue weighted by molar-refractivity contribution is 5.92. The largest absolute Gasteiger partial charge is 0.351 e. The van der Waals surface area contributed by atoms with Gasteiger partial charge in [0, 0.05) is 49.8 Å². The van der Waals surface area contributed by atoms with E-state index < -0.39 is 0 Å². The second kappa shape index (κ2) is 6.37. The van der Waals surface area contributed by atoms with Crippen LogP contribution in [0.3, 0.4) is 0 Å². The molecule has 0 atom stereocenters. The topological polar surface area (TPSA) is 82.4 Å². The summed E-state index contributed by atoms with van der Waals surface area (Å²) in [6, 6.07) is 1.80. The number of hydrogen-bond donors (Lipinski definition) is 1. The van der Waals surface area contributed by atoms with Gasteiger partial charge in [0.15, 0.2) is 5.82 Å². The predicted molar refractivity (Wildman–Crippen MR) is 101 cm³/mol. The fourth-order valence-electron chi connectivity index (χ4n) is 4.19. The molecule has 27 heavy (non-hydrogen) atoms. The molecule has 1 saturated heterocycles. The summed E-state index contributed by atoms with van der Waals surface area (Å²) >= 11 is 0. The Balaban J connectivity index is 1.38. The molecule has 0 spiro atoms. The molecule has 0 unspecified atom stereocenters. The van der Waals surface area contributed by atoms with E-state index >= 15 is 0 Å². The van der Waals surface area contributed by atoms with Gasteiger partial charge in [-0.25, -0.2) is 9.50 Å². The van der Waals surface area contributed by atoms with E-state index in [4.69, 9.17) is 5.10 Å². The number of amides is 1. The number of fused-ring (bicyclic) bond motifs is 3. The summed E-state index contributed by atoms with van der Waals surface area (Å²) in [6.45, 7) is 4.78. The Morgan fingerprint density at radius 3 is 2.74 bits per heavy atom. The number of H-pyrrole nitrogens is 1. The first-order chi connectivity index (χ1) is 13.2. The smallest absolute Gasteiger partial charge is 0.274 e. The van der Waals surface area contributed by atoms with Crippen LogP contribution >= 0.6 is 0 Å². The fourth-order valence-corrected chi connectivity index (χ4v) is 4.19. The summed E-state index contributed by atoms with van der Waals surface area (Å²) < 4.78 is 1.99. The SMILES string of the molecule is Cc1cc(C(=O)N2CCN(c3nccn4nc5c(c34)CCCC5)CC2)n[nH]1. The minimum Gasteiger partial charge on any atom is -0.351 e. The number of anilines is 1. The van der Waals surface area contributed by atoms with Crippen LogP contribution in [0.15, 0.2) is 18.5 Å². The molecular formula is C19H23N7O. The number of nitrogens with one attached hydrogen (secondary N) is 1. The summed E-state index contributed by atoms with van der Waals surface area (Å²) in [5.74, 6) is 0.989. The van der Waals surface area contributed by atoms with Crippen molar-refractivity contribution in [1.29, 1.82) is 0 Å². The number of hydrogen-bond acceptors (Lipinski definition) is 5. The Bertz CT molecular complexity index is 997. The quantitative estimate of drug-likeness (QED) is 0.746. The molecule has 0 saturated carbocycles. The van der Waals surface area contributed by atoms with Crippen LogP contribution in [0, 0.1) is 6.92 Å². The van der Waals surface area contributed by atoms with Crippen LogP contribution in [-0.4, -0.2) is 61.8 Å². The van der Waals surface area contributed by atoms with Gasteiger partial charge in [0.25, 0.3) is 5.91 Å². The van der Waals surface area contributed by atoms with Gasteiger partial charge in [-0.05, 0) is 38.7 Å². The predicted octanol–water partition coefficient (Wildman–Crippen LogP) is 1.60. The van der Waals surface area contributed by atoms with Crippen molar-refractivity contribution >= 4 is 17.2 Å². The number of rotatable bonds is 2. The molecule has 2 aliphatic rings. The van der Waals surface area contributed by atoms with Crippen molar-refractivity contribution in [2.75, 3.05) is 31.1 Å². The van der Waals surface area contributed by atoms with E-state index in [1.165, 1.54) is 24.1 Å². The molecule has 3 aromatic rings. The minimum atomic E-state index is -0.00750. The molecule has 1 aliphatic carbocycles. The van der Waals surface area contributed by atoms with Gasteiger partial charge in [-0.1, -0.05) is 0 Å². The summed E-state index contributed by atoms with van der Waals surface area (Å²) in [4.78, 5) is 21.5. The van der Waals surface area contributed by atoms with E-state index in [0.29, 0.717) is 18.8 Å². The van der Waals surface area contributed by atoms with E-state index in [9.17, 15) is 4.79 Å². The zero-order valence-electron chi connectivity index (χ0n) is 15.5. The molecule has 1 N–H and O–H groups in total. The van der Waals surface area contributed by atoms with Crippen LogP contribution < -0.4 is 4.90 Å². The number of aromatic amines is 1. The number of aryl methyl sites for hydroxylation is 3. The highest BCUT2D eigenvalue weighted by Gasteiger charge is 2.27. The molecule has 8 nitrogen and oxygen atoms in total. The van der Waals surface area contributed by atoms with Crippen molar-refractivity contribution in [3.8, 4) is 0 Å². The molecule has 4 heterocycles. The van der Waals surface area contributed by atoms with E-state index in [-0.39, 0.29) is 5.91 Å². The van der Waals surface area contributed by atoms with Gasteiger partial charge in [-0.3, -0.25) is 9.89 Å². The van der Waals surface area contributed by atoms with Crippen molar-refractivity contribution in [1.82, 2.24) is 29.7 Å². The first-order valence-corrected chi connectivity index (χ1v) is 9.62. The Kier molecular flexibility index (Phi) is 3.84. The van der Waals surface area contributed by atoms with Crippen molar-refractivity contribution < 1.29 is 4.79 Å². The van der Waals surface area contributed by atoms with Crippen molar-refractivity contribution in [3.63, 3.8) is 0 Å². The summed E-state index contributed by atoms with van der Waals surface area (Å²) in [5, 5.41) is 11.7.